The first-order valence-corrected chi connectivity index (χ1v) is 7.23. The van der Waals surface area contributed by atoms with Crippen LogP contribution >= 0.6 is 0 Å². The Hall–Kier alpha value is -3.14. The number of hydrogen-bond acceptors (Lipinski definition) is 6. The molecule has 2 aromatic rings. The fourth-order valence-electron chi connectivity index (χ4n) is 2.13. The first-order valence-electron chi connectivity index (χ1n) is 7.23. The van der Waals surface area contributed by atoms with Gasteiger partial charge in [-0.25, -0.2) is 9.78 Å². The third kappa shape index (κ3) is 4.09. The van der Waals surface area contributed by atoms with E-state index in [9.17, 15) is 22.8 Å². The quantitative estimate of drug-likeness (QED) is 0.562. The lowest BCUT2D eigenvalue weighted by atomic mass is 10.1. The molecule has 0 aliphatic carbocycles. The van der Waals surface area contributed by atoms with Crippen molar-refractivity contribution in [1.82, 2.24) is 4.98 Å². The molecule has 7 nitrogen and oxygen atoms in total. The average molecular weight is 368 g/mol. The minimum absolute atomic E-state index is 0.00397. The zero-order chi connectivity index (χ0) is 19.5. The zero-order valence-electron chi connectivity index (χ0n) is 13.6. The van der Waals surface area contributed by atoms with Gasteiger partial charge in [0.25, 0.3) is 5.91 Å². The molecule has 138 valence electrons. The van der Waals surface area contributed by atoms with E-state index in [1.165, 1.54) is 12.1 Å². The first-order chi connectivity index (χ1) is 12.2. The summed E-state index contributed by atoms with van der Waals surface area (Å²) < 4.78 is 42.8. The van der Waals surface area contributed by atoms with E-state index in [0.29, 0.717) is 5.56 Å². The van der Waals surface area contributed by atoms with Gasteiger partial charge in [-0.15, -0.1) is 0 Å². The second-order valence-corrected chi connectivity index (χ2v) is 5.15. The van der Waals surface area contributed by atoms with E-state index in [1.807, 2.05) is 0 Å². The number of carbonyl (C=O) groups excluding carboxylic acids is 2. The van der Waals surface area contributed by atoms with Crippen molar-refractivity contribution in [3.05, 3.63) is 52.8 Å². The summed E-state index contributed by atoms with van der Waals surface area (Å²) in [5.41, 5.74) is 10.2. The van der Waals surface area contributed by atoms with Crippen LogP contribution in [0.4, 0.5) is 24.5 Å². The van der Waals surface area contributed by atoms with Gasteiger partial charge in [0, 0.05) is 12.2 Å². The number of rotatable bonds is 4. The number of nitrogen functional groups attached to an aromatic ring is 1. The van der Waals surface area contributed by atoms with E-state index in [1.54, 1.807) is 0 Å². The van der Waals surface area contributed by atoms with Crippen molar-refractivity contribution in [2.24, 2.45) is 5.73 Å². The van der Waals surface area contributed by atoms with Gasteiger partial charge in [0.05, 0.1) is 18.4 Å². The monoisotopic (exact) mass is 368 g/mol. The van der Waals surface area contributed by atoms with Crippen LogP contribution in [0.2, 0.25) is 0 Å². The largest absolute Gasteiger partial charge is 0.465 e. The molecule has 1 aromatic heterocycles. The van der Waals surface area contributed by atoms with Crippen molar-refractivity contribution < 1.29 is 27.5 Å². The number of nitrogens with one attached hydrogen (secondary N) is 1. The van der Waals surface area contributed by atoms with Crippen molar-refractivity contribution in [2.75, 3.05) is 18.2 Å². The summed E-state index contributed by atoms with van der Waals surface area (Å²) in [6, 6.07) is 5.53. The van der Waals surface area contributed by atoms with Gasteiger partial charge in [-0.3, -0.25) is 4.79 Å². The second kappa shape index (κ2) is 7.40. The van der Waals surface area contributed by atoms with Crippen LogP contribution in [0.3, 0.4) is 0 Å². The lowest BCUT2D eigenvalue weighted by Crippen LogP contribution is -2.19. The van der Waals surface area contributed by atoms with Gasteiger partial charge >= 0.3 is 12.1 Å². The molecule has 1 heterocycles. The lowest BCUT2D eigenvalue weighted by Gasteiger charge is -2.14. The van der Waals surface area contributed by atoms with Crippen LogP contribution in [-0.4, -0.2) is 24.0 Å². The topological polar surface area (TPSA) is 120 Å². The number of pyridine rings is 1. The summed E-state index contributed by atoms with van der Waals surface area (Å²) >= 11 is 0. The molecule has 0 unspecified atom stereocenters. The lowest BCUT2D eigenvalue weighted by molar-refractivity contribution is -0.141. The molecular formula is C16H15F3N4O3. The van der Waals surface area contributed by atoms with Crippen LogP contribution in [0.5, 0.6) is 0 Å². The molecule has 0 saturated heterocycles. The highest BCUT2D eigenvalue weighted by Gasteiger charge is 2.33. The van der Waals surface area contributed by atoms with Crippen LogP contribution in [-0.2, 0) is 17.5 Å². The standard InChI is InChI=1S/C16H15F3N4O3/c1-26-15(25)9-6-10(21)8(7-20)5-12(9)23-14(24)11-3-2-4-13(22-11)16(17,18)19/h2-6H,7,20-21H2,1H3,(H,23,24). The Labute approximate surface area is 146 Å². The van der Waals surface area contributed by atoms with Crippen LogP contribution in [0.25, 0.3) is 0 Å². The molecule has 10 heteroatoms. The number of anilines is 2. The van der Waals surface area contributed by atoms with Gasteiger partial charge in [-0.05, 0) is 29.8 Å². The summed E-state index contributed by atoms with van der Waals surface area (Å²) in [5.74, 6) is -1.72. The SMILES string of the molecule is COC(=O)c1cc(N)c(CN)cc1NC(=O)c1cccc(C(F)(F)F)n1. The van der Waals surface area contributed by atoms with Gasteiger partial charge in [-0.2, -0.15) is 13.2 Å². The number of aromatic nitrogens is 1. The predicted molar refractivity (Wildman–Crippen MR) is 87.3 cm³/mol. The van der Waals surface area contributed by atoms with Gasteiger partial charge < -0.3 is 21.5 Å². The fraction of sp³-hybridized carbons (Fsp3) is 0.188. The normalized spacial score (nSPS) is 11.1. The molecule has 5 N–H and O–H groups in total. The molecule has 0 aliphatic rings. The number of benzene rings is 1. The van der Waals surface area contributed by atoms with Gasteiger partial charge in [0.2, 0.25) is 0 Å². The van der Waals surface area contributed by atoms with Gasteiger partial charge in [0.1, 0.15) is 11.4 Å². The maximum atomic E-state index is 12.7. The van der Waals surface area contributed by atoms with Crippen molar-refractivity contribution >= 4 is 23.3 Å². The summed E-state index contributed by atoms with van der Waals surface area (Å²) in [6.45, 7) is 0.0258. The summed E-state index contributed by atoms with van der Waals surface area (Å²) in [4.78, 5) is 27.4. The molecule has 2 rings (SSSR count). The molecular weight excluding hydrogens is 353 g/mol. The maximum Gasteiger partial charge on any atom is 0.433 e. The number of carbonyl (C=O) groups is 2. The highest BCUT2D eigenvalue weighted by Crippen LogP contribution is 2.28. The highest BCUT2D eigenvalue weighted by molar-refractivity contribution is 6.07. The summed E-state index contributed by atoms with van der Waals surface area (Å²) in [7, 11) is 1.13. The van der Waals surface area contributed by atoms with Crippen LogP contribution in [0, 0.1) is 0 Å². The van der Waals surface area contributed by atoms with Crippen molar-refractivity contribution in [1.29, 1.82) is 0 Å². The third-order valence-corrected chi connectivity index (χ3v) is 3.42. The van der Waals surface area contributed by atoms with E-state index >= 15 is 0 Å². The number of alkyl halides is 3. The number of ether oxygens (including phenoxy) is 1. The molecule has 1 amide bonds. The highest BCUT2D eigenvalue weighted by atomic mass is 19.4. The number of methoxy groups -OCH3 is 1. The van der Waals surface area contributed by atoms with E-state index in [2.05, 4.69) is 15.0 Å². The number of nitrogens with two attached hydrogens (primary N) is 2. The van der Waals surface area contributed by atoms with Crippen LogP contribution in [0.1, 0.15) is 32.1 Å². The van der Waals surface area contributed by atoms with E-state index in [0.717, 1.165) is 25.3 Å². The van der Waals surface area contributed by atoms with Crippen molar-refractivity contribution in [2.45, 2.75) is 12.7 Å². The Morgan fingerprint density at radius 1 is 1.27 bits per heavy atom. The fourth-order valence-corrected chi connectivity index (χ4v) is 2.13. The van der Waals surface area contributed by atoms with Gasteiger partial charge in [0.15, 0.2) is 0 Å². The molecule has 1 aromatic carbocycles. The van der Waals surface area contributed by atoms with Crippen LogP contribution < -0.4 is 16.8 Å². The molecule has 0 aliphatic heterocycles. The summed E-state index contributed by atoms with van der Waals surface area (Å²) in [6.07, 6.45) is -4.69. The van der Waals surface area contributed by atoms with E-state index in [4.69, 9.17) is 11.5 Å². The van der Waals surface area contributed by atoms with Crippen molar-refractivity contribution in [3.8, 4) is 0 Å². The molecule has 0 fully saturated rings. The minimum atomic E-state index is -4.69. The molecule has 0 radical (unpaired) electrons. The molecule has 0 spiro atoms. The molecule has 26 heavy (non-hydrogen) atoms. The number of halogens is 3. The van der Waals surface area contributed by atoms with E-state index in [-0.39, 0.29) is 23.5 Å². The third-order valence-electron chi connectivity index (χ3n) is 3.42. The Morgan fingerprint density at radius 2 is 1.96 bits per heavy atom. The molecule has 0 saturated carbocycles. The van der Waals surface area contributed by atoms with Crippen LogP contribution in [0.15, 0.2) is 30.3 Å². The molecule has 0 bridgehead atoms. The Kier molecular flexibility index (Phi) is 5.46. The molecule has 0 atom stereocenters. The number of hydrogen-bond donors (Lipinski definition) is 3. The Morgan fingerprint density at radius 3 is 2.54 bits per heavy atom. The minimum Gasteiger partial charge on any atom is -0.465 e. The van der Waals surface area contributed by atoms with E-state index < -0.39 is 29.4 Å². The smallest absolute Gasteiger partial charge is 0.433 e. The Bertz CT molecular complexity index is 853. The second-order valence-electron chi connectivity index (χ2n) is 5.15. The maximum absolute atomic E-state index is 12.7. The Balaban J connectivity index is 2.41. The zero-order valence-corrected chi connectivity index (χ0v) is 13.6. The summed E-state index contributed by atoms with van der Waals surface area (Å²) in [5, 5.41) is 2.34. The average Bonchev–Trinajstić information content (AvgIpc) is 2.61. The van der Waals surface area contributed by atoms with Gasteiger partial charge in [-0.1, -0.05) is 6.07 Å². The number of nitrogens with zero attached hydrogens (tertiary/aromatic N) is 1. The van der Waals surface area contributed by atoms with Crippen molar-refractivity contribution in [3.63, 3.8) is 0 Å². The predicted octanol–water partition coefficient (Wildman–Crippen LogP) is 2.18. The first kappa shape index (κ1) is 19.2. The number of amides is 1. The number of esters is 1.